The van der Waals surface area contributed by atoms with Crippen molar-refractivity contribution in [2.24, 2.45) is 5.92 Å². The molecule has 21 heavy (non-hydrogen) atoms. The summed E-state index contributed by atoms with van der Waals surface area (Å²) in [7, 11) is 0. The molecule has 2 aromatic rings. The summed E-state index contributed by atoms with van der Waals surface area (Å²) < 4.78 is 2.05. The van der Waals surface area contributed by atoms with Crippen LogP contribution in [-0.4, -0.2) is 9.78 Å². The quantitative estimate of drug-likeness (QED) is 0.839. The van der Waals surface area contributed by atoms with E-state index in [1.807, 2.05) is 0 Å². The zero-order valence-corrected chi connectivity index (χ0v) is 14.9. The Hall–Kier alpha value is -1.14. The van der Waals surface area contributed by atoms with Gasteiger partial charge in [-0.15, -0.1) is 11.3 Å². The Balaban J connectivity index is 2.14. The summed E-state index contributed by atoms with van der Waals surface area (Å²) in [6.07, 6.45) is 2.74. The van der Waals surface area contributed by atoms with Crippen LogP contribution in [0.1, 0.15) is 31.2 Å². The van der Waals surface area contributed by atoms with Gasteiger partial charge in [0.15, 0.2) is 0 Å². The molecule has 0 radical (unpaired) electrons. The molecule has 1 N–H and O–H groups in total. The molecule has 0 amide bonds. The molecular weight excluding hydrogens is 350 g/mol. The van der Waals surface area contributed by atoms with E-state index < -0.39 is 0 Å². The first kappa shape index (κ1) is 16.2. The molecule has 2 rings (SSSR count). The number of rotatable bonds is 6. The number of nitrogens with one attached hydrogen (secondary N) is 1. The zero-order valence-electron chi connectivity index (χ0n) is 12.5. The van der Waals surface area contributed by atoms with Gasteiger partial charge < -0.3 is 5.32 Å². The van der Waals surface area contributed by atoms with Crippen LogP contribution < -0.4 is 10.9 Å². The minimum atomic E-state index is -0.0874. The van der Waals surface area contributed by atoms with Crippen LogP contribution in [0.4, 0.5) is 5.69 Å². The van der Waals surface area contributed by atoms with Gasteiger partial charge in [-0.1, -0.05) is 20.8 Å². The number of nitrogens with zero attached hydrogens (tertiary/aromatic N) is 2. The van der Waals surface area contributed by atoms with Crippen LogP contribution in [0.3, 0.4) is 0 Å². The molecule has 2 aromatic heterocycles. The Bertz CT molecular complexity index is 663. The predicted octanol–water partition coefficient (Wildman–Crippen LogP) is 3.90. The van der Waals surface area contributed by atoms with Crippen molar-refractivity contribution in [3.8, 4) is 0 Å². The van der Waals surface area contributed by atoms with E-state index in [4.69, 9.17) is 0 Å². The molecule has 0 unspecified atom stereocenters. The maximum Gasteiger partial charge on any atom is 0.283 e. The molecule has 0 saturated heterocycles. The molecule has 0 bridgehead atoms. The average molecular weight is 370 g/mol. The molecule has 0 saturated carbocycles. The molecule has 6 heteroatoms. The first-order chi connectivity index (χ1) is 10.0. The molecule has 0 fully saturated rings. The Labute approximate surface area is 137 Å². The van der Waals surface area contributed by atoms with Crippen molar-refractivity contribution >= 4 is 33.0 Å². The largest absolute Gasteiger partial charge is 0.378 e. The molecule has 0 atom stereocenters. The van der Waals surface area contributed by atoms with Crippen LogP contribution in [0.15, 0.2) is 26.9 Å². The van der Waals surface area contributed by atoms with E-state index in [1.54, 1.807) is 17.5 Å². The van der Waals surface area contributed by atoms with E-state index >= 15 is 0 Å². The average Bonchev–Trinajstić information content (AvgIpc) is 2.90. The topological polar surface area (TPSA) is 46.9 Å². The third kappa shape index (κ3) is 3.95. The third-order valence-electron chi connectivity index (χ3n) is 3.18. The number of hydrogen-bond donors (Lipinski definition) is 1. The second-order valence-corrected chi connectivity index (χ2v) is 7.12. The van der Waals surface area contributed by atoms with Crippen molar-refractivity contribution in [1.82, 2.24) is 9.78 Å². The number of hydrogen-bond acceptors (Lipinski definition) is 4. The SMILES string of the molecule is CCc1ccsc1CNc1cnn(CC(C)C)c(=O)c1Br. The van der Waals surface area contributed by atoms with Gasteiger partial charge in [0, 0.05) is 18.0 Å². The van der Waals surface area contributed by atoms with Gasteiger partial charge in [0.2, 0.25) is 0 Å². The van der Waals surface area contributed by atoms with Crippen LogP contribution in [0, 0.1) is 5.92 Å². The molecule has 2 heterocycles. The van der Waals surface area contributed by atoms with Crippen LogP contribution in [0.2, 0.25) is 0 Å². The number of aromatic nitrogens is 2. The number of anilines is 1. The standard InChI is InChI=1S/C15H20BrN3OS/c1-4-11-5-6-21-13(11)8-17-12-7-18-19(9-10(2)3)15(20)14(12)16/h5-7,10,17H,4,8-9H2,1-3H3. The minimum absolute atomic E-state index is 0.0874. The summed E-state index contributed by atoms with van der Waals surface area (Å²) >= 11 is 5.12. The summed E-state index contributed by atoms with van der Waals surface area (Å²) in [5.41, 5.74) is 2.01. The van der Waals surface area contributed by atoms with Crippen LogP contribution in [0.25, 0.3) is 0 Å². The van der Waals surface area contributed by atoms with Crippen LogP contribution in [-0.2, 0) is 19.5 Å². The van der Waals surface area contributed by atoms with Gasteiger partial charge >= 0.3 is 0 Å². The van der Waals surface area contributed by atoms with Crippen molar-refractivity contribution in [3.63, 3.8) is 0 Å². The summed E-state index contributed by atoms with van der Waals surface area (Å²) in [5.74, 6) is 0.388. The molecule has 0 spiro atoms. The van der Waals surface area contributed by atoms with Crippen LogP contribution >= 0.6 is 27.3 Å². The highest BCUT2D eigenvalue weighted by molar-refractivity contribution is 9.10. The molecule has 0 aliphatic heterocycles. The lowest BCUT2D eigenvalue weighted by Gasteiger charge is -2.11. The maximum atomic E-state index is 12.2. The van der Waals surface area contributed by atoms with Crippen LogP contribution in [0.5, 0.6) is 0 Å². The highest BCUT2D eigenvalue weighted by atomic mass is 79.9. The fraction of sp³-hybridized carbons (Fsp3) is 0.467. The van der Waals surface area contributed by atoms with E-state index in [9.17, 15) is 4.79 Å². The predicted molar refractivity (Wildman–Crippen MR) is 92.1 cm³/mol. The monoisotopic (exact) mass is 369 g/mol. The number of halogens is 1. The lowest BCUT2D eigenvalue weighted by molar-refractivity contribution is 0.462. The first-order valence-corrected chi connectivity index (χ1v) is 8.75. The fourth-order valence-electron chi connectivity index (χ4n) is 2.08. The second kappa shape index (κ2) is 7.22. The minimum Gasteiger partial charge on any atom is -0.378 e. The second-order valence-electron chi connectivity index (χ2n) is 5.33. The van der Waals surface area contributed by atoms with Crippen molar-refractivity contribution in [3.05, 3.63) is 42.9 Å². The summed E-state index contributed by atoms with van der Waals surface area (Å²) in [6, 6.07) is 2.15. The first-order valence-electron chi connectivity index (χ1n) is 7.07. The van der Waals surface area contributed by atoms with Gasteiger partial charge in [-0.3, -0.25) is 4.79 Å². The van der Waals surface area contributed by atoms with Crippen molar-refractivity contribution < 1.29 is 0 Å². The summed E-state index contributed by atoms with van der Waals surface area (Å²) in [5, 5.41) is 9.64. The number of aryl methyl sites for hydroxylation is 1. The molecule has 0 aliphatic carbocycles. The Morgan fingerprint density at radius 3 is 2.90 bits per heavy atom. The maximum absolute atomic E-state index is 12.2. The summed E-state index contributed by atoms with van der Waals surface area (Å²) in [4.78, 5) is 13.5. The van der Waals surface area contributed by atoms with Gasteiger partial charge in [-0.2, -0.15) is 5.10 Å². The fourth-order valence-corrected chi connectivity index (χ4v) is 3.44. The molecule has 114 valence electrons. The van der Waals surface area contributed by atoms with Gasteiger partial charge in [0.05, 0.1) is 11.9 Å². The van der Waals surface area contributed by atoms with Gasteiger partial charge in [0.25, 0.3) is 5.56 Å². The van der Waals surface area contributed by atoms with Crippen molar-refractivity contribution in [2.45, 2.75) is 40.3 Å². The highest BCUT2D eigenvalue weighted by Crippen LogP contribution is 2.21. The lowest BCUT2D eigenvalue weighted by atomic mass is 10.2. The van der Waals surface area contributed by atoms with Gasteiger partial charge in [-0.25, -0.2) is 4.68 Å². The Morgan fingerprint density at radius 2 is 2.24 bits per heavy atom. The molecule has 0 aliphatic rings. The molecular formula is C15H20BrN3OS. The van der Waals surface area contributed by atoms with E-state index in [1.165, 1.54) is 15.1 Å². The zero-order chi connectivity index (χ0) is 15.4. The number of thiophene rings is 1. The smallest absolute Gasteiger partial charge is 0.283 e. The molecule has 0 aromatic carbocycles. The summed E-state index contributed by atoms with van der Waals surface area (Å²) in [6.45, 7) is 7.63. The Kier molecular flexibility index (Phi) is 5.58. The third-order valence-corrected chi connectivity index (χ3v) is 4.91. The van der Waals surface area contributed by atoms with Gasteiger partial charge in [0.1, 0.15) is 4.47 Å². The highest BCUT2D eigenvalue weighted by Gasteiger charge is 2.10. The van der Waals surface area contributed by atoms with Gasteiger partial charge in [-0.05, 0) is 45.3 Å². The van der Waals surface area contributed by atoms with E-state index in [0.717, 1.165) is 18.7 Å². The normalized spacial score (nSPS) is 11.1. The lowest BCUT2D eigenvalue weighted by Crippen LogP contribution is -2.26. The van der Waals surface area contributed by atoms with Crippen molar-refractivity contribution in [2.75, 3.05) is 5.32 Å². The van der Waals surface area contributed by atoms with E-state index in [0.29, 0.717) is 16.9 Å². The van der Waals surface area contributed by atoms with Crippen molar-refractivity contribution in [1.29, 1.82) is 0 Å². The van der Waals surface area contributed by atoms with E-state index in [-0.39, 0.29) is 5.56 Å². The Morgan fingerprint density at radius 1 is 1.48 bits per heavy atom. The van der Waals surface area contributed by atoms with E-state index in [2.05, 4.69) is 58.6 Å². The molecule has 4 nitrogen and oxygen atoms in total.